The Labute approximate surface area is 400 Å². The van der Waals surface area contributed by atoms with Crippen molar-refractivity contribution in [3.63, 3.8) is 0 Å². The number of benzene rings is 5. The third kappa shape index (κ3) is 15.2. The predicted molar refractivity (Wildman–Crippen MR) is 245 cm³/mol. The number of anilines is 2. The van der Waals surface area contributed by atoms with Crippen LogP contribution in [0, 0.1) is 50.3 Å². The van der Waals surface area contributed by atoms with Gasteiger partial charge in [-0.15, -0.1) is 5.10 Å². The first-order valence-corrected chi connectivity index (χ1v) is 20.3. The van der Waals surface area contributed by atoms with Crippen molar-refractivity contribution in [3.05, 3.63) is 163 Å². The number of nitrogens with one attached hydrogen (secondary N) is 5. The highest BCUT2D eigenvalue weighted by molar-refractivity contribution is 6.35. The lowest BCUT2D eigenvalue weighted by molar-refractivity contribution is -0.140. The largest absolute Gasteiger partial charge is 0.480 e. The number of carbonyl (C=O) groups is 4. The van der Waals surface area contributed by atoms with Crippen molar-refractivity contribution < 1.29 is 57.3 Å². The first-order valence-electron chi connectivity index (χ1n) is 19.5. The molecule has 19 nitrogen and oxygen atoms in total. The van der Waals surface area contributed by atoms with Gasteiger partial charge in [-0.1, -0.05) is 52.3 Å². The number of halogens is 6. The van der Waals surface area contributed by atoms with E-state index in [9.17, 15) is 47.0 Å². The second-order valence-electron chi connectivity index (χ2n) is 14.1. The van der Waals surface area contributed by atoms with Crippen LogP contribution in [-0.4, -0.2) is 83.7 Å². The molecular weight excluding hydrogens is 957 g/mol. The second kappa shape index (κ2) is 25.7. The molecule has 6 aromatic rings. The van der Waals surface area contributed by atoms with E-state index in [2.05, 4.69) is 41.5 Å². The van der Waals surface area contributed by atoms with E-state index in [1.807, 2.05) is 12.1 Å². The monoisotopic (exact) mass is 997 g/mol. The molecule has 0 saturated carbocycles. The number of carboxylic acid groups (broad SMARTS) is 1. The highest BCUT2D eigenvalue weighted by Gasteiger charge is 2.26. The zero-order valence-electron chi connectivity index (χ0n) is 36.4. The summed E-state index contributed by atoms with van der Waals surface area (Å²) in [6.07, 6.45) is -2.23. The Morgan fingerprint density at radius 3 is 1.58 bits per heavy atom. The summed E-state index contributed by atoms with van der Waals surface area (Å²) in [6, 6.07) is 16.3. The summed E-state index contributed by atoms with van der Waals surface area (Å²) < 4.78 is 51.0. The number of para-hydroxylation sites is 1. The Balaban J connectivity index is 0.000000266. The van der Waals surface area contributed by atoms with Crippen molar-refractivity contribution in [3.8, 4) is 0 Å². The molecule has 362 valence electrons. The number of nitrogens with two attached hydrogens (primary N) is 1. The number of hydrogen-bond acceptors (Lipinski definition) is 12. The van der Waals surface area contributed by atoms with Crippen molar-refractivity contribution in [1.82, 2.24) is 31.4 Å². The van der Waals surface area contributed by atoms with Gasteiger partial charge in [0.15, 0.2) is 29.3 Å². The Kier molecular flexibility index (Phi) is 20.6. The van der Waals surface area contributed by atoms with E-state index in [1.54, 1.807) is 37.5 Å². The number of hydrazine groups is 2. The van der Waals surface area contributed by atoms with Crippen LogP contribution in [0.25, 0.3) is 20.7 Å². The maximum absolute atomic E-state index is 13.2. The quantitative estimate of drug-likeness (QED) is 0.0169. The molecule has 69 heavy (non-hydrogen) atoms. The molecule has 0 fully saturated rings. The van der Waals surface area contributed by atoms with E-state index in [0.717, 1.165) is 35.2 Å². The van der Waals surface area contributed by atoms with E-state index in [4.69, 9.17) is 52.5 Å². The van der Waals surface area contributed by atoms with Crippen LogP contribution in [0.4, 0.5) is 40.3 Å². The minimum Gasteiger partial charge on any atom is -0.480 e. The molecule has 0 radical (unpaired) electrons. The van der Waals surface area contributed by atoms with Gasteiger partial charge in [0.1, 0.15) is 17.1 Å². The minimum atomic E-state index is -1.21. The Hall–Kier alpha value is -8.06. The lowest BCUT2D eigenvalue weighted by atomic mass is 10.1. The standard InChI is InChI=1S/C19H17ClF2N4O3.C12H13ClN2O3.C7H6F2N2O.C6H5N3O/c1-9-14(6-7-15(23-3)16(9)20)24-17(10(2)27)19(29)26-25-18(28)11-4-5-12(21)13(22)8-11;1-6-8(4-5-9(14-3)10(6)13)15-11(7(2)16)12(17)18;8-5-2-1-4(3-6(5)9)7(12)11-10;10-9-6-4-2-1-3-5(6)7-8-9/h4-8,10,17,24,27H,1-2H3,(H,25,28)(H,26,29);4-5,7,11,15-16H,1-2H3,(H,17,18);1-3H,10H2,(H,11,12);1-4,10H/t10-,17-;7-,11-;;/m11../s1. The average molecular weight is 999 g/mol. The van der Waals surface area contributed by atoms with Crippen LogP contribution in [0.15, 0.2) is 84.9 Å². The Morgan fingerprint density at radius 2 is 1.16 bits per heavy atom. The van der Waals surface area contributed by atoms with Gasteiger partial charge in [-0.25, -0.2) is 37.9 Å². The topological polar surface area (TPSA) is 275 Å². The first kappa shape index (κ1) is 55.3. The SMILES string of the molecule is NNC(=O)c1ccc(F)c(F)c1.On1nnc2ccccc21.[C-]#[N+]c1ccc(N[C@@H](C(=O)NNC(=O)c2ccc(F)c(F)c2)[C@@H](C)O)c(C)c1Cl.[C-]#[N+]c1ccc(N[C@@H](C(=O)O)[C@@H](C)O)c(C)c1Cl. The van der Waals surface area contributed by atoms with Crippen molar-refractivity contribution in [2.24, 2.45) is 5.84 Å². The highest BCUT2D eigenvalue weighted by atomic mass is 35.5. The van der Waals surface area contributed by atoms with Gasteiger partial charge < -0.3 is 31.2 Å². The molecule has 0 unspecified atom stereocenters. The van der Waals surface area contributed by atoms with Crippen LogP contribution >= 0.6 is 23.2 Å². The summed E-state index contributed by atoms with van der Waals surface area (Å²) in [6.45, 7) is 20.0. The number of carboxylic acids is 1. The van der Waals surface area contributed by atoms with Crippen molar-refractivity contribution in [2.75, 3.05) is 10.6 Å². The maximum Gasteiger partial charge on any atom is 0.328 e. The number of aliphatic hydroxyl groups excluding tert-OH is 2. The average Bonchev–Trinajstić information content (AvgIpc) is 3.70. The zero-order chi connectivity index (χ0) is 51.7. The number of carbonyl (C=O) groups excluding carboxylic acids is 3. The number of hydrogen-bond donors (Lipinski definition) is 10. The Morgan fingerprint density at radius 1 is 0.696 bits per heavy atom. The van der Waals surface area contributed by atoms with E-state index < -0.39 is 71.3 Å². The summed E-state index contributed by atoms with van der Waals surface area (Å²) >= 11 is 12.1. The van der Waals surface area contributed by atoms with Crippen molar-refractivity contribution >= 4 is 80.7 Å². The molecule has 1 heterocycles. The fourth-order valence-corrected chi connectivity index (χ4v) is 5.85. The van der Waals surface area contributed by atoms with Crippen LogP contribution in [0.5, 0.6) is 0 Å². The number of nitrogens with zero attached hydrogens (tertiary/aromatic N) is 5. The van der Waals surface area contributed by atoms with Gasteiger partial charge in [-0.3, -0.25) is 30.7 Å². The number of aromatic nitrogens is 3. The number of aliphatic carboxylic acids is 1. The summed E-state index contributed by atoms with van der Waals surface area (Å²) in [5.74, 6) is -3.09. The molecule has 25 heteroatoms. The molecule has 0 aliphatic carbocycles. The summed E-state index contributed by atoms with van der Waals surface area (Å²) in [5.41, 5.74) is 9.62. The van der Waals surface area contributed by atoms with Gasteiger partial charge in [0.2, 0.25) is 11.4 Å². The van der Waals surface area contributed by atoms with Gasteiger partial charge >= 0.3 is 5.97 Å². The lowest BCUT2D eigenvalue weighted by Crippen LogP contribution is -2.52. The maximum atomic E-state index is 13.2. The molecule has 0 aliphatic heterocycles. The summed E-state index contributed by atoms with van der Waals surface area (Å²) in [5, 5.41) is 50.3. The molecule has 11 N–H and O–H groups in total. The number of aliphatic hydroxyl groups is 2. The summed E-state index contributed by atoms with van der Waals surface area (Å²) in [4.78, 5) is 53.4. The number of nitrogen functional groups attached to an aromatic ring is 1. The molecule has 3 amide bonds. The van der Waals surface area contributed by atoms with Crippen molar-refractivity contribution in [1.29, 1.82) is 0 Å². The van der Waals surface area contributed by atoms with Crippen LogP contribution in [0.1, 0.15) is 45.7 Å². The highest BCUT2D eigenvalue weighted by Crippen LogP contribution is 2.34. The van der Waals surface area contributed by atoms with Gasteiger partial charge in [0, 0.05) is 22.5 Å². The fraction of sp³-hybridized carbons (Fsp3) is 0.182. The van der Waals surface area contributed by atoms with E-state index in [-0.39, 0.29) is 26.9 Å². The van der Waals surface area contributed by atoms with Gasteiger partial charge in [-0.2, -0.15) is 0 Å². The lowest BCUT2D eigenvalue weighted by Gasteiger charge is -2.23. The normalized spacial score (nSPS) is 11.9. The molecule has 4 atom stereocenters. The third-order valence-corrected chi connectivity index (χ3v) is 10.2. The van der Waals surface area contributed by atoms with E-state index in [1.165, 1.54) is 32.0 Å². The van der Waals surface area contributed by atoms with E-state index >= 15 is 0 Å². The van der Waals surface area contributed by atoms with Crippen LogP contribution in [0.3, 0.4) is 0 Å². The molecule has 0 bridgehead atoms. The molecule has 0 saturated heterocycles. The number of amides is 3. The van der Waals surface area contributed by atoms with Gasteiger partial charge in [0.25, 0.3) is 17.7 Å². The Bertz CT molecular complexity index is 2910. The van der Waals surface area contributed by atoms with Crippen LogP contribution in [0.2, 0.25) is 10.0 Å². The minimum absolute atomic E-state index is 0.0172. The number of fused-ring (bicyclic) bond motifs is 1. The van der Waals surface area contributed by atoms with Gasteiger partial charge in [0.05, 0.1) is 35.4 Å². The molecular formula is C44H41Cl2F4N11O8. The zero-order valence-corrected chi connectivity index (χ0v) is 37.9. The second-order valence-corrected chi connectivity index (χ2v) is 14.8. The predicted octanol–water partition coefficient (Wildman–Crippen LogP) is 6.78. The third-order valence-electron chi connectivity index (χ3n) is 9.24. The van der Waals surface area contributed by atoms with Crippen molar-refractivity contribution in [2.45, 2.75) is 52.0 Å². The molecule has 0 spiro atoms. The van der Waals surface area contributed by atoms with E-state index in [0.29, 0.717) is 45.3 Å². The fourth-order valence-electron chi connectivity index (χ4n) is 5.44. The molecule has 0 aliphatic rings. The summed E-state index contributed by atoms with van der Waals surface area (Å²) in [7, 11) is 0. The first-order chi connectivity index (χ1) is 32.6. The van der Waals surface area contributed by atoms with Crippen LogP contribution < -0.4 is 32.8 Å². The molecule has 6 rings (SSSR count). The molecule has 1 aromatic heterocycles. The number of rotatable bonds is 10. The smallest absolute Gasteiger partial charge is 0.328 e. The van der Waals surface area contributed by atoms with Gasteiger partial charge in [-0.05, 0) is 105 Å². The van der Waals surface area contributed by atoms with Crippen LogP contribution in [-0.2, 0) is 9.59 Å². The molecule has 5 aromatic carbocycles.